The fraction of sp³-hybridized carbons (Fsp3) is 0.0312. The molecule has 0 N–H and O–H groups in total. The zero-order chi connectivity index (χ0) is 56.3. The number of alkyl halides is 6. The van der Waals surface area contributed by atoms with Gasteiger partial charge in [0, 0.05) is 10.8 Å². The van der Waals surface area contributed by atoms with Gasteiger partial charge in [-0.25, -0.2) is 0 Å². The molecule has 0 atom stereocenters. The molecule has 400 valence electrons. The second-order valence-corrected chi connectivity index (χ2v) is 24.5. The first-order chi connectivity index (χ1) is 38.6. The van der Waals surface area contributed by atoms with Gasteiger partial charge < -0.3 is 23.7 Å². The highest BCUT2D eigenvalue weighted by molar-refractivity contribution is 7.92. The van der Waals surface area contributed by atoms with Gasteiger partial charge >= 0.3 is 12.4 Å². The largest absolute Gasteiger partial charge is 0.860 e. The molecule has 0 aliphatic heterocycles. The van der Waals surface area contributed by atoms with Gasteiger partial charge in [0.2, 0.25) is 11.5 Å². The molecule has 11 aromatic carbocycles. The topological polar surface area (TPSA) is 73.8 Å². The van der Waals surface area contributed by atoms with Gasteiger partial charge in [-0.15, -0.1) is 0 Å². The van der Waals surface area contributed by atoms with Crippen molar-refractivity contribution in [3.63, 3.8) is 0 Å². The van der Waals surface area contributed by atoms with Crippen LogP contribution in [0.25, 0.3) is 21.5 Å². The molecule has 11 rings (SSSR count). The second-order valence-electron chi connectivity index (χ2n) is 17.8. The maximum Gasteiger partial charge on any atom is 0.416 e. The van der Waals surface area contributed by atoms with Crippen LogP contribution in [0.1, 0.15) is 11.1 Å². The van der Waals surface area contributed by atoms with Crippen LogP contribution in [0.5, 0.6) is 17.2 Å². The number of hydrogen-bond acceptors (Lipinski definition) is 5. The van der Waals surface area contributed by atoms with Crippen LogP contribution in [-0.4, -0.2) is 7.32 Å². The molecule has 0 saturated carbocycles. The summed E-state index contributed by atoms with van der Waals surface area (Å²) in [5, 5.41) is 32.5. The Hall–Kier alpha value is -7.66. The first-order valence-electron chi connectivity index (χ1n) is 24.7. The van der Waals surface area contributed by atoms with Crippen LogP contribution in [0.4, 0.5) is 26.3 Å². The molecule has 0 bridgehead atoms. The summed E-state index contributed by atoms with van der Waals surface area (Å²) in [4.78, 5) is 0. The summed E-state index contributed by atoms with van der Waals surface area (Å²) in [5.41, 5.74) is -3.32. The second kappa shape index (κ2) is 25.2. The normalized spacial score (nSPS) is 11.6. The number of halogens is 8. The summed E-state index contributed by atoms with van der Waals surface area (Å²) in [6.07, 6.45) is -10.1. The van der Waals surface area contributed by atoms with Crippen LogP contribution in [-0.2, 0) is 12.4 Å². The van der Waals surface area contributed by atoms with E-state index in [2.05, 4.69) is 175 Å². The Morgan fingerprint density at radius 2 is 0.600 bits per heavy atom. The van der Waals surface area contributed by atoms with Crippen molar-refractivity contribution in [2.24, 2.45) is 0 Å². The summed E-state index contributed by atoms with van der Waals surface area (Å²) in [7, 11) is -8.00. The molecule has 0 aromatic heterocycles. The zero-order valence-corrected chi connectivity index (χ0v) is 45.3. The maximum atomic E-state index is 12.3. The van der Waals surface area contributed by atoms with Crippen molar-refractivity contribution >= 4 is 98.9 Å². The van der Waals surface area contributed by atoms with E-state index >= 15 is 0 Å². The highest BCUT2D eigenvalue weighted by Crippen LogP contribution is 2.59. The number of rotatable bonds is 12. The summed E-state index contributed by atoms with van der Waals surface area (Å²) < 4.78 is 91.9. The molecule has 0 amide bonds. The fourth-order valence-corrected chi connectivity index (χ4v) is 16.5. The lowest BCUT2D eigenvalue weighted by atomic mass is 10.1. The number of benzene rings is 11. The van der Waals surface area contributed by atoms with E-state index in [1.807, 2.05) is 84.9 Å². The van der Waals surface area contributed by atoms with Crippen molar-refractivity contribution in [1.82, 2.24) is 0 Å². The Bertz CT molecular complexity index is 3360. The van der Waals surface area contributed by atoms with E-state index in [1.165, 1.54) is 0 Å². The minimum absolute atomic E-state index is 0.141. The number of fused-ring (bicyclic) bond motifs is 2. The Labute approximate surface area is 470 Å². The molecule has 0 unspecified atom stereocenters. The Balaban J connectivity index is 0.000000151. The fourth-order valence-electron chi connectivity index (χ4n) is 9.04. The average molecular weight is 1150 g/mol. The van der Waals surface area contributed by atoms with Crippen molar-refractivity contribution in [1.29, 1.82) is 0 Å². The highest BCUT2D eigenvalue weighted by Gasteiger charge is 2.51. The van der Waals surface area contributed by atoms with Crippen LogP contribution in [0, 0.1) is 0 Å². The Morgan fingerprint density at radius 3 is 0.863 bits per heavy atom. The molecule has 0 spiro atoms. The van der Waals surface area contributed by atoms with Gasteiger partial charge in [0.25, 0.3) is 15.0 Å². The van der Waals surface area contributed by atoms with Gasteiger partial charge in [0.1, 0.15) is 39.1 Å². The quantitative estimate of drug-likeness (QED) is 0.0692. The molecule has 0 fully saturated rings. The van der Waals surface area contributed by atoms with E-state index in [4.69, 9.17) is 32.2 Å². The Morgan fingerprint density at radius 1 is 0.338 bits per heavy atom. The predicted octanol–water partition coefficient (Wildman–Crippen LogP) is 14.4. The van der Waals surface area contributed by atoms with Gasteiger partial charge in [-0.3, -0.25) is 0 Å². The van der Waals surface area contributed by atoms with Crippen LogP contribution in [0.15, 0.2) is 273 Å². The van der Waals surface area contributed by atoms with Crippen molar-refractivity contribution in [3.05, 3.63) is 294 Å². The van der Waals surface area contributed by atoms with Crippen molar-refractivity contribution in [2.75, 3.05) is 0 Å². The van der Waals surface area contributed by atoms with Gasteiger partial charge in [-0.1, -0.05) is 193 Å². The third-order valence-corrected chi connectivity index (χ3v) is 20.3. The van der Waals surface area contributed by atoms with Crippen LogP contribution in [0.3, 0.4) is 0 Å². The van der Waals surface area contributed by atoms with E-state index in [-0.39, 0.29) is 18.2 Å². The summed E-state index contributed by atoms with van der Waals surface area (Å²) in [5.74, 6) is 0.376. The van der Waals surface area contributed by atoms with E-state index in [9.17, 15) is 36.4 Å². The number of hydrogen-bond donors (Lipinski definition) is 0. The molecule has 0 radical (unpaired) electrons. The molecule has 16 heteroatoms. The van der Waals surface area contributed by atoms with E-state index in [0.717, 1.165) is 64.9 Å². The SMILES string of the molecule is Clc1ccc2ccccc2c1O[P+](c1ccccc1)(c1ccccc1)c1ccccc1.Clc1ccc2ccccc2c1O[P+](c1ccccc1)(c1ccccc1)c1ccccc1.[O-]B([O-])Oc1cc(C(F)(F)F)cc(C(F)(F)F)c1. The Kier molecular flexibility index (Phi) is 18.0. The van der Waals surface area contributed by atoms with Crippen LogP contribution < -0.4 is 55.6 Å². The van der Waals surface area contributed by atoms with E-state index in [0.29, 0.717) is 10.0 Å². The smallest absolute Gasteiger partial charge is 0.416 e. The van der Waals surface area contributed by atoms with Gasteiger partial charge in [-0.05, 0) is 114 Å². The molecule has 0 saturated heterocycles. The summed E-state index contributed by atoms with van der Waals surface area (Å²) in [6, 6.07) is 87.6. The third-order valence-electron chi connectivity index (χ3n) is 12.6. The minimum atomic E-state index is -5.05. The highest BCUT2D eigenvalue weighted by atomic mass is 35.5. The lowest BCUT2D eigenvalue weighted by Gasteiger charge is -2.27. The maximum absolute atomic E-state index is 12.3. The molecular formula is C64H45BCl2F6O5P2. The first kappa shape index (κ1) is 57.0. The molecule has 11 aromatic rings. The van der Waals surface area contributed by atoms with Crippen molar-refractivity contribution in [2.45, 2.75) is 12.4 Å². The minimum Gasteiger partial charge on any atom is -0.860 e. The average Bonchev–Trinajstić information content (AvgIpc) is 3.48. The van der Waals surface area contributed by atoms with Crippen molar-refractivity contribution < 1.29 is 50.1 Å². The zero-order valence-electron chi connectivity index (χ0n) is 42.0. The standard InChI is InChI=1S/2C28H21ClOP.C8H3BF6O3/c2*29-27-21-20-22-12-10-11-19-26(22)28(27)30-31(23-13-4-1-5-14-23,24-15-6-2-7-16-24)25-17-8-3-9-18-25;10-7(11,12)4-1-5(8(13,14)15)3-6(2-4)18-9(16)17/h2*1-21H;1-3H/q2*+1;-2. The van der Waals surface area contributed by atoms with Crippen LogP contribution >= 0.6 is 38.2 Å². The predicted molar refractivity (Wildman–Crippen MR) is 312 cm³/mol. The van der Waals surface area contributed by atoms with Crippen LogP contribution in [0.2, 0.25) is 10.0 Å². The lowest BCUT2D eigenvalue weighted by Crippen LogP contribution is -2.50. The monoisotopic (exact) mass is 1150 g/mol. The van der Waals surface area contributed by atoms with Gasteiger partial charge in [0.05, 0.1) is 26.9 Å². The molecule has 0 heterocycles. The summed E-state index contributed by atoms with van der Waals surface area (Å²) >= 11 is 13.5. The van der Waals surface area contributed by atoms with E-state index in [1.54, 1.807) is 0 Å². The molecule has 0 aliphatic carbocycles. The lowest BCUT2D eigenvalue weighted by molar-refractivity contribution is -0.372. The molecule has 0 aliphatic rings. The molecule has 80 heavy (non-hydrogen) atoms. The first-order valence-corrected chi connectivity index (χ1v) is 28.9. The third kappa shape index (κ3) is 12.8. The van der Waals surface area contributed by atoms with E-state index < -0.39 is 51.5 Å². The van der Waals surface area contributed by atoms with Gasteiger partial charge in [0.15, 0.2) is 0 Å². The van der Waals surface area contributed by atoms with Gasteiger partial charge in [-0.2, -0.15) is 26.3 Å². The summed E-state index contributed by atoms with van der Waals surface area (Å²) in [6.45, 7) is 0. The molecular weight excluding hydrogens is 1110 g/mol. The molecule has 5 nitrogen and oxygen atoms in total. The van der Waals surface area contributed by atoms with Crippen molar-refractivity contribution in [3.8, 4) is 17.2 Å².